The van der Waals surface area contributed by atoms with Crippen molar-refractivity contribution in [3.8, 4) is 0 Å². The zero-order chi connectivity index (χ0) is 13.6. The number of β-amino-alcohol motifs (C(OH)–C–C–N with tert-alkyl or cyclic N) is 1. The molecule has 0 amide bonds. The van der Waals surface area contributed by atoms with Crippen molar-refractivity contribution in [2.45, 2.75) is 26.7 Å². The standard InChI is InChI=1S/C12H26N2O3S/c1-3-12(4-2)11-18(16,17)14-7-5-13(6-8-14)9-10-15/h12,15H,3-11H2,1-2H3. The fourth-order valence-electron chi connectivity index (χ4n) is 2.30. The number of aliphatic hydroxyl groups is 1. The Hall–Kier alpha value is -0.170. The Bertz CT molecular complexity index is 320. The van der Waals surface area contributed by atoms with Crippen LogP contribution in [-0.2, 0) is 10.0 Å². The van der Waals surface area contributed by atoms with E-state index in [9.17, 15) is 8.42 Å². The summed E-state index contributed by atoms with van der Waals surface area (Å²) in [5.41, 5.74) is 0. The fraction of sp³-hybridized carbons (Fsp3) is 1.00. The van der Waals surface area contributed by atoms with Crippen LogP contribution in [0.2, 0.25) is 0 Å². The summed E-state index contributed by atoms with van der Waals surface area (Å²) in [6.07, 6.45) is 1.83. The molecule has 1 aliphatic rings. The van der Waals surface area contributed by atoms with Gasteiger partial charge in [-0.25, -0.2) is 8.42 Å². The number of sulfonamides is 1. The van der Waals surface area contributed by atoms with E-state index in [1.165, 1.54) is 0 Å². The van der Waals surface area contributed by atoms with Crippen molar-refractivity contribution in [3.05, 3.63) is 0 Å². The molecule has 0 aromatic carbocycles. The largest absolute Gasteiger partial charge is 0.395 e. The molecule has 5 nitrogen and oxygen atoms in total. The minimum absolute atomic E-state index is 0.139. The Morgan fingerprint density at radius 3 is 2.11 bits per heavy atom. The SMILES string of the molecule is CCC(CC)CS(=O)(=O)N1CCN(CCO)CC1. The summed E-state index contributed by atoms with van der Waals surface area (Å²) in [6, 6.07) is 0. The molecule has 0 aliphatic carbocycles. The molecule has 1 fully saturated rings. The molecule has 1 N–H and O–H groups in total. The van der Waals surface area contributed by atoms with Crippen molar-refractivity contribution in [2.75, 3.05) is 45.1 Å². The third-order valence-electron chi connectivity index (χ3n) is 3.74. The Morgan fingerprint density at radius 1 is 1.11 bits per heavy atom. The number of hydrogen-bond donors (Lipinski definition) is 1. The molecule has 1 heterocycles. The third-order valence-corrected chi connectivity index (χ3v) is 5.79. The van der Waals surface area contributed by atoms with E-state index in [1.807, 2.05) is 13.8 Å². The van der Waals surface area contributed by atoms with Crippen LogP contribution in [0, 0.1) is 5.92 Å². The molecule has 0 aromatic heterocycles. The van der Waals surface area contributed by atoms with Gasteiger partial charge in [-0.05, 0) is 5.92 Å². The highest BCUT2D eigenvalue weighted by Gasteiger charge is 2.28. The fourth-order valence-corrected chi connectivity index (χ4v) is 4.30. The van der Waals surface area contributed by atoms with Gasteiger partial charge in [-0.15, -0.1) is 0 Å². The highest BCUT2D eigenvalue weighted by Crippen LogP contribution is 2.15. The molecule has 108 valence electrons. The average molecular weight is 278 g/mol. The van der Waals surface area contributed by atoms with E-state index in [4.69, 9.17) is 5.11 Å². The van der Waals surface area contributed by atoms with Gasteiger partial charge in [0.15, 0.2) is 0 Å². The molecule has 18 heavy (non-hydrogen) atoms. The van der Waals surface area contributed by atoms with Gasteiger partial charge in [0.05, 0.1) is 12.4 Å². The van der Waals surface area contributed by atoms with Gasteiger partial charge in [-0.3, -0.25) is 4.90 Å². The van der Waals surface area contributed by atoms with E-state index in [-0.39, 0.29) is 18.3 Å². The molecule has 1 rings (SSSR count). The summed E-state index contributed by atoms with van der Waals surface area (Å²) in [5.74, 6) is 0.547. The zero-order valence-electron chi connectivity index (χ0n) is 11.5. The Morgan fingerprint density at radius 2 is 1.67 bits per heavy atom. The first-order chi connectivity index (χ1) is 8.53. The molecular weight excluding hydrogens is 252 g/mol. The van der Waals surface area contributed by atoms with Crippen molar-refractivity contribution >= 4 is 10.0 Å². The maximum atomic E-state index is 12.2. The molecule has 0 bridgehead atoms. The van der Waals surface area contributed by atoms with E-state index in [1.54, 1.807) is 4.31 Å². The molecule has 6 heteroatoms. The normalized spacial score (nSPS) is 19.6. The summed E-state index contributed by atoms with van der Waals surface area (Å²) in [7, 11) is -3.10. The Kier molecular flexibility index (Phi) is 6.55. The summed E-state index contributed by atoms with van der Waals surface area (Å²) in [4.78, 5) is 2.10. The Balaban J connectivity index is 2.50. The smallest absolute Gasteiger partial charge is 0.214 e. The molecule has 0 saturated carbocycles. The minimum atomic E-state index is -3.10. The number of piperazine rings is 1. The van der Waals surface area contributed by atoms with Crippen LogP contribution >= 0.6 is 0 Å². The van der Waals surface area contributed by atoms with Crippen LogP contribution in [0.3, 0.4) is 0 Å². The van der Waals surface area contributed by atoms with Crippen molar-refractivity contribution in [3.63, 3.8) is 0 Å². The van der Waals surface area contributed by atoms with Crippen LogP contribution in [-0.4, -0.2) is 67.8 Å². The lowest BCUT2D eigenvalue weighted by Crippen LogP contribution is -2.50. The van der Waals surface area contributed by atoms with Crippen LogP contribution in [0.25, 0.3) is 0 Å². The lowest BCUT2D eigenvalue weighted by atomic mass is 10.1. The van der Waals surface area contributed by atoms with Crippen molar-refractivity contribution in [1.29, 1.82) is 0 Å². The van der Waals surface area contributed by atoms with E-state index in [0.29, 0.717) is 19.6 Å². The van der Waals surface area contributed by atoms with E-state index < -0.39 is 10.0 Å². The zero-order valence-corrected chi connectivity index (χ0v) is 12.3. The van der Waals surface area contributed by atoms with Crippen molar-refractivity contribution in [2.24, 2.45) is 5.92 Å². The van der Waals surface area contributed by atoms with Crippen molar-refractivity contribution < 1.29 is 13.5 Å². The second-order valence-electron chi connectivity index (χ2n) is 4.93. The van der Waals surface area contributed by atoms with Crippen molar-refractivity contribution in [1.82, 2.24) is 9.21 Å². The monoisotopic (exact) mass is 278 g/mol. The van der Waals surface area contributed by atoms with Crippen LogP contribution in [0.1, 0.15) is 26.7 Å². The summed E-state index contributed by atoms with van der Waals surface area (Å²) in [6.45, 7) is 7.43. The van der Waals surface area contributed by atoms with Gasteiger partial charge in [0, 0.05) is 32.7 Å². The third kappa shape index (κ3) is 4.50. The molecular formula is C12H26N2O3S. The first kappa shape index (κ1) is 15.9. The van der Waals surface area contributed by atoms with Crippen LogP contribution in [0.15, 0.2) is 0 Å². The van der Waals surface area contributed by atoms with Crippen LogP contribution in [0.4, 0.5) is 0 Å². The molecule has 0 spiro atoms. The van der Waals surface area contributed by atoms with Crippen LogP contribution in [0.5, 0.6) is 0 Å². The highest BCUT2D eigenvalue weighted by atomic mass is 32.2. The topological polar surface area (TPSA) is 60.9 Å². The first-order valence-electron chi connectivity index (χ1n) is 6.84. The first-order valence-corrected chi connectivity index (χ1v) is 8.45. The predicted molar refractivity (Wildman–Crippen MR) is 73.0 cm³/mol. The minimum Gasteiger partial charge on any atom is -0.395 e. The van der Waals surface area contributed by atoms with Crippen LogP contribution < -0.4 is 0 Å². The molecule has 0 aromatic rings. The van der Waals surface area contributed by atoms with Gasteiger partial charge in [0.1, 0.15) is 0 Å². The predicted octanol–water partition coefficient (Wildman–Crippen LogP) is 0.362. The van der Waals surface area contributed by atoms with E-state index in [2.05, 4.69) is 4.90 Å². The van der Waals surface area contributed by atoms with Gasteiger partial charge in [0.25, 0.3) is 0 Å². The molecule has 0 radical (unpaired) electrons. The van der Waals surface area contributed by atoms with E-state index >= 15 is 0 Å². The van der Waals surface area contributed by atoms with E-state index in [0.717, 1.165) is 25.9 Å². The maximum Gasteiger partial charge on any atom is 0.214 e. The lowest BCUT2D eigenvalue weighted by molar-refractivity contribution is 0.151. The number of hydrogen-bond acceptors (Lipinski definition) is 4. The second kappa shape index (κ2) is 7.43. The number of nitrogens with zero attached hydrogens (tertiary/aromatic N) is 2. The summed E-state index contributed by atoms with van der Waals surface area (Å²) < 4.78 is 26.1. The second-order valence-corrected chi connectivity index (χ2v) is 6.94. The number of rotatable bonds is 7. The lowest BCUT2D eigenvalue weighted by Gasteiger charge is -2.34. The highest BCUT2D eigenvalue weighted by molar-refractivity contribution is 7.89. The summed E-state index contributed by atoms with van der Waals surface area (Å²) >= 11 is 0. The molecule has 0 unspecified atom stereocenters. The summed E-state index contributed by atoms with van der Waals surface area (Å²) in [5, 5.41) is 8.85. The van der Waals surface area contributed by atoms with Gasteiger partial charge < -0.3 is 5.11 Å². The van der Waals surface area contributed by atoms with Gasteiger partial charge in [-0.2, -0.15) is 4.31 Å². The maximum absolute atomic E-state index is 12.2. The van der Waals surface area contributed by atoms with Gasteiger partial charge in [-0.1, -0.05) is 26.7 Å². The quantitative estimate of drug-likeness (QED) is 0.730. The van der Waals surface area contributed by atoms with Gasteiger partial charge >= 0.3 is 0 Å². The molecule has 1 aliphatic heterocycles. The molecule has 1 saturated heterocycles. The Labute approximate surface area is 111 Å². The average Bonchev–Trinajstić information content (AvgIpc) is 2.37. The van der Waals surface area contributed by atoms with Gasteiger partial charge in [0.2, 0.25) is 10.0 Å². The number of aliphatic hydroxyl groups excluding tert-OH is 1. The molecule has 0 atom stereocenters.